The monoisotopic (exact) mass is 274 g/mol. The van der Waals surface area contributed by atoms with Gasteiger partial charge in [-0.1, -0.05) is 18.5 Å². The first kappa shape index (κ1) is 14.9. The molecule has 7 heteroatoms. The molecule has 0 unspecified atom stereocenters. The van der Waals surface area contributed by atoms with Gasteiger partial charge in [0.15, 0.2) is 0 Å². The zero-order valence-electron chi connectivity index (χ0n) is 10.7. The first-order chi connectivity index (χ1) is 8.60. The summed E-state index contributed by atoms with van der Waals surface area (Å²) in [6.45, 7) is 5.08. The average Bonchev–Trinajstić information content (AvgIpc) is 2.37. The van der Waals surface area contributed by atoms with Crippen LogP contribution in [0.1, 0.15) is 6.92 Å². The number of aromatic nitrogens is 2. The smallest absolute Gasteiger partial charge is 0.287 e. The molecule has 18 heavy (non-hydrogen) atoms. The van der Waals surface area contributed by atoms with Crippen molar-refractivity contribution >= 4 is 17.3 Å². The largest absolute Gasteiger partial charge is 0.395 e. The van der Waals surface area contributed by atoms with E-state index < -0.39 is 0 Å². The third-order valence-corrected chi connectivity index (χ3v) is 3.05. The van der Waals surface area contributed by atoms with Gasteiger partial charge in [0.05, 0.1) is 18.5 Å². The number of anilines is 1. The lowest BCUT2D eigenvalue weighted by Crippen LogP contribution is -2.32. The predicted molar refractivity (Wildman–Crippen MR) is 72.2 cm³/mol. The molecule has 1 aromatic heterocycles. The molecule has 0 saturated carbocycles. The quantitative estimate of drug-likeness (QED) is 0.741. The number of likely N-dealkylation sites (N-methyl/N-ethyl adjacent to an activating group) is 1. The van der Waals surface area contributed by atoms with Crippen LogP contribution in [0.3, 0.4) is 0 Å². The van der Waals surface area contributed by atoms with Gasteiger partial charge in [-0.3, -0.25) is 9.69 Å². The molecule has 1 aromatic rings. The van der Waals surface area contributed by atoms with Gasteiger partial charge in [0, 0.05) is 26.7 Å². The first-order valence-corrected chi connectivity index (χ1v) is 6.26. The highest BCUT2D eigenvalue weighted by molar-refractivity contribution is 6.32. The molecule has 0 bridgehead atoms. The van der Waals surface area contributed by atoms with E-state index in [2.05, 4.69) is 15.3 Å². The van der Waals surface area contributed by atoms with Crippen LogP contribution in [0.25, 0.3) is 0 Å². The van der Waals surface area contributed by atoms with Gasteiger partial charge in [-0.25, -0.2) is 4.68 Å². The summed E-state index contributed by atoms with van der Waals surface area (Å²) >= 11 is 5.92. The third-order valence-electron chi connectivity index (χ3n) is 2.69. The van der Waals surface area contributed by atoms with Crippen molar-refractivity contribution in [1.29, 1.82) is 0 Å². The van der Waals surface area contributed by atoms with Gasteiger partial charge in [-0.15, -0.1) is 0 Å². The number of halogens is 1. The molecule has 0 aliphatic carbocycles. The Labute approximate surface area is 111 Å². The third kappa shape index (κ3) is 3.97. The molecule has 0 atom stereocenters. The normalized spacial score (nSPS) is 10.9. The van der Waals surface area contributed by atoms with Gasteiger partial charge in [-0.05, 0) is 6.54 Å². The maximum Gasteiger partial charge on any atom is 0.287 e. The van der Waals surface area contributed by atoms with E-state index in [0.717, 1.165) is 13.1 Å². The van der Waals surface area contributed by atoms with Crippen molar-refractivity contribution in [3.05, 3.63) is 21.6 Å². The standard InChI is InChI=1S/C11H19ClN4O2/c1-3-16(6-7-17)5-4-13-9-8-14-15(2)11(18)10(9)12/h8,13,17H,3-7H2,1-2H3. The van der Waals surface area contributed by atoms with E-state index in [4.69, 9.17) is 16.7 Å². The topological polar surface area (TPSA) is 70.4 Å². The first-order valence-electron chi connectivity index (χ1n) is 5.89. The molecular weight excluding hydrogens is 256 g/mol. The van der Waals surface area contributed by atoms with Crippen LogP contribution in [0, 0.1) is 0 Å². The lowest BCUT2D eigenvalue weighted by Gasteiger charge is -2.19. The molecule has 102 valence electrons. The summed E-state index contributed by atoms with van der Waals surface area (Å²) < 4.78 is 1.19. The van der Waals surface area contributed by atoms with Crippen LogP contribution in [0.5, 0.6) is 0 Å². The lowest BCUT2D eigenvalue weighted by molar-refractivity contribution is 0.206. The van der Waals surface area contributed by atoms with Crippen LogP contribution in [0.15, 0.2) is 11.0 Å². The fourth-order valence-corrected chi connectivity index (χ4v) is 1.79. The Hall–Kier alpha value is -1.11. The van der Waals surface area contributed by atoms with Gasteiger partial charge in [-0.2, -0.15) is 5.10 Å². The zero-order valence-corrected chi connectivity index (χ0v) is 11.4. The molecule has 2 N–H and O–H groups in total. The van der Waals surface area contributed by atoms with Gasteiger partial charge in [0.25, 0.3) is 5.56 Å². The van der Waals surface area contributed by atoms with Crippen molar-refractivity contribution in [1.82, 2.24) is 14.7 Å². The minimum atomic E-state index is -0.315. The second kappa shape index (κ2) is 7.35. The number of rotatable bonds is 7. The number of hydrogen-bond acceptors (Lipinski definition) is 5. The average molecular weight is 275 g/mol. The van der Waals surface area contributed by atoms with Crippen molar-refractivity contribution in [2.75, 3.05) is 38.1 Å². The molecular formula is C11H19ClN4O2. The number of aryl methyl sites for hydroxylation is 1. The van der Waals surface area contributed by atoms with E-state index in [-0.39, 0.29) is 17.2 Å². The zero-order chi connectivity index (χ0) is 13.5. The summed E-state index contributed by atoms with van der Waals surface area (Å²) in [5, 5.41) is 16.0. The van der Waals surface area contributed by atoms with E-state index in [1.807, 2.05) is 6.92 Å². The van der Waals surface area contributed by atoms with Crippen LogP contribution < -0.4 is 10.9 Å². The van der Waals surface area contributed by atoms with Crippen LogP contribution >= 0.6 is 11.6 Å². The highest BCUT2D eigenvalue weighted by Gasteiger charge is 2.07. The molecule has 1 heterocycles. The second-order valence-corrected chi connectivity index (χ2v) is 4.26. The summed E-state index contributed by atoms with van der Waals surface area (Å²) in [6, 6.07) is 0. The summed E-state index contributed by atoms with van der Waals surface area (Å²) in [7, 11) is 1.55. The van der Waals surface area contributed by atoms with Crippen molar-refractivity contribution in [2.45, 2.75) is 6.92 Å². The Balaban J connectivity index is 2.54. The number of aliphatic hydroxyl groups excluding tert-OH is 1. The molecule has 0 amide bonds. The van der Waals surface area contributed by atoms with Gasteiger partial charge in [0.1, 0.15) is 5.02 Å². The summed E-state index contributed by atoms with van der Waals surface area (Å²) in [5.41, 5.74) is 0.226. The Morgan fingerprint density at radius 1 is 1.56 bits per heavy atom. The molecule has 6 nitrogen and oxygen atoms in total. The predicted octanol–water partition coefficient (Wildman–Crippen LogP) is 0.160. The number of aliphatic hydroxyl groups is 1. The minimum absolute atomic E-state index is 0.141. The van der Waals surface area contributed by atoms with E-state index >= 15 is 0 Å². The van der Waals surface area contributed by atoms with E-state index in [9.17, 15) is 4.79 Å². The van der Waals surface area contributed by atoms with E-state index in [0.29, 0.717) is 18.8 Å². The Morgan fingerprint density at radius 3 is 2.89 bits per heavy atom. The number of nitrogens with one attached hydrogen (secondary N) is 1. The minimum Gasteiger partial charge on any atom is -0.395 e. The van der Waals surface area contributed by atoms with Crippen molar-refractivity contribution < 1.29 is 5.11 Å². The molecule has 0 aliphatic heterocycles. The Bertz CT molecular complexity index is 436. The lowest BCUT2D eigenvalue weighted by atomic mass is 10.4. The fraction of sp³-hybridized carbons (Fsp3) is 0.636. The molecule has 0 aliphatic rings. The molecule has 0 spiro atoms. The number of nitrogens with zero attached hydrogens (tertiary/aromatic N) is 3. The van der Waals surface area contributed by atoms with Gasteiger partial charge in [0.2, 0.25) is 0 Å². The summed E-state index contributed by atoms with van der Waals surface area (Å²) in [4.78, 5) is 13.6. The SMILES string of the molecule is CCN(CCO)CCNc1cnn(C)c(=O)c1Cl. The highest BCUT2D eigenvalue weighted by Crippen LogP contribution is 2.14. The highest BCUT2D eigenvalue weighted by atomic mass is 35.5. The Kier molecular flexibility index (Phi) is 6.11. The molecule has 0 radical (unpaired) electrons. The molecule has 0 aromatic carbocycles. The van der Waals surface area contributed by atoms with Crippen molar-refractivity contribution in [3.8, 4) is 0 Å². The molecule has 0 saturated heterocycles. The number of hydrogen-bond donors (Lipinski definition) is 2. The fourth-order valence-electron chi connectivity index (χ4n) is 1.55. The van der Waals surface area contributed by atoms with Gasteiger partial charge < -0.3 is 10.4 Å². The van der Waals surface area contributed by atoms with Crippen LogP contribution in [0.4, 0.5) is 5.69 Å². The van der Waals surface area contributed by atoms with Crippen LogP contribution in [-0.2, 0) is 7.05 Å². The maximum atomic E-state index is 11.5. The van der Waals surface area contributed by atoms with E-state index in [1.165, 1.54) is 10.9 Å². The summed E-state index contributed by atoms with van der Waals surface area (Å²) in [6.07, 6.45) is 1.53. The van der Waals surface area contributed by atoms with Crippen LogP contribution in [0.2, 0.25) is 5.02 Å². The Morgan fingerprint density at radius 2 is 2.28 bits per heavy atom. The van der Waals surface area contributed by atoms with Crippen molar-refractivity contribution in [2.24, 2.45) is 7.05 Å². The van der Waals surface area contributed by atoms with Crippen molar-refractivity contribution in [3.63, 3.8) is 0 Å². The van der Waals surface area contributed by atoms with Crippen LogP contribution in [-0.4, -0.2) is 52.6 Å². The summed E-state index contributed by atoms with van der Waals surface area (Å²) in [5.74, 6) is 0. The van der Waals surface area contributed by atoms with Gasteiger partial charge >= 0.3 is 0 Å². The second-order valence-electron chi connectivity index (χ2n) is 3.89. The molecule has 1 rings (SSSR count). The molecule has 0 fully saturated rings. The van der Waals surface area contributed by atoms with E-state index in [1.54, 1.807) is 7.05 Å². The maximum absolute atomic E-state index is 11.5.